The van der Waals surface area contributed by atoms with Crippen molar-refractivity contribution < 1.29 is 14.3 Å². The highest BCUT2D eigenvalue weighted by molar-refractivity contribution is 5.77. The molecule has 1 saturated carbocycles. The Bertz CT molecular complexity index is 636. The monoisotopic (exact) mass is 358 g/mol. The number of amides is 1. The van der Waals surface area contributed by atoms with Crippen molar-refractivity contribution in [2.24, 2.45) is 5.92 Å². The maximum Gasteiger partial charge on any atom is 0.220 e. The number of methoxy groups -OCH3 is 1. The van der Waals surface area contributed by atoms with Crippen molar-refractivity contribution in [3.05, 3.63) is 29.8 Å². The molecule has 3 aliphatic rings. The number of hydrogen-bond donors (Lipinski definition) is 1. The van der Waals surface area contributed by atoms with Gasteiger partial charge in [0.25, 0.3) is 0 Å². The Morgan fingerprint density at radius 1 is 1.31 bits per heavy atom. The van der Waals surface area contributed by atoms with Gasteiger partial charge in [-0.05, 0) is 37.7 Å². The van der Waals surface area contributed by atoms with Gasteiger partial charge in [-0.25, -0.2) is 0 Å². The van der Waals surface area contributed by atoms with Crippen LogP contribution in [0.25, 0.3) is 0 Å². The summed E-state index contributed by atoms with van der Waals surface area (Å²) in [4.78, 5) is 14.9. The van der Waals surface area contributed by atoms with Gasteiger partial charge < -0.3 is 19.7 Å². The topological polar surface area (TPSA) is 50.8 Å². The summed E-state index contributed by atoms with van der Waals surface area (Å²) in [5, 5.41) is 3.31. The molecule has 0 unspecified atom stereocenters. The third-order valence-electron chi connectivity index (χ3n) is 6.08. The quantitative estimate of drug-likeness (QED) is 0.850. The molecule has 1 aromatic carbocycles. The Labute approximate surface area is 156 Å². The lowest BCUT2D eigenvalue weighted by atomic mass is 9.80. The van der Waals surface area contributed by atoms with Gasteiger partial charge in [0.05, 0.1) is 12.6 Å². The minimum absolute atomic E-state index is 0.0664. The SMILES string of the molecule is COCCN1CCC2(CC1)C[C@@H](NC(=O)CC1CC1)c1ccccc1O2. The number of para-hydroxylation sites is 1. The number of nitrogens with one attached hydrogen (secondary N) is 1. The number of rotatable bonds is 6. The first-order valence-corrected chi connectivity index (χ1v) is 9.96. The first-order chi connectivity index (χ1) is 12.7. The molecule has 2 heterocycles. The molecule has 1 aliphatic carbocycles. The van der Waals surface area contributed by atoms with Crippen LogP contribution >= 0.6 is 0 Å². The highest BCUT2D eigenvalue weighted by Gasteiger charge is 2.43. The summed E-state index contributed by atoms with van der Waals surface area (Å²) in [5.74, 6) is 1.76. The molecular weight excluding hydrogens is 328 g/mol. The molecule has 5 heteroatoms. The van der Waals surface area contributed by atoms with Gasteiger partial charge >= 0.3 is 0 Å². The predicted molar refractivity (Wildman–Crippen MR) is 100 cm³/mol. The van der Waals surface area contributed by atoms with Crippen molar-refractivity contribution >= 4 is 5.91 Å². The van der Waals surface area contributed by atoms with Crippen LogP contribution in [0.4, 0.5) is 0 Å². The minimum atomic E-state index is -0.157. The van der Waals surface area contributed by atoms with Crippen LogP contribution in [0.3, 0.4) is 0 Å². The lowest BCUT2D eigenvalue weighted by molar-refractivity contribution is -0.123. The predicted octanol–water partition coefficient (Wildman–Crippen LogP) is 2.91. The van der Waals surface area contributed by atoms with E-state index in [4.69, 9.17) is 9.47 Å². The Kier molecular flexibility index (Phi) is 5.18. The maximum atomic E-state index is 12.4. The highest BCUT2D eigenvalue weighted by atomic mass is 16.5. The summed E-state index contributed by atoms with van der Waals surface area (Å²) in [5.41, 5.74) is 0.971. The molecule has 26 heavy (non-hydrogen) atoms. The van der Waals surface area contributed by atoms with Crippen molar-refractivity contribution in [2.45, 2.75) is 50.2 Å². The molecule has 2 aliphatic heterocycles. The molecule has 1 spiro atoms. The van der Waals surface area contributed by atoms with Crippen LogP contribution in [-0.4, -0.2) is 49.8 Å². The van der Waals surface area contributed by atoms with E-state index in [2.05, 4.69) is 16.3 Å². The molecule has 0 bridgehead atoms. The second-order valence-electron chi connectivity index (χ2n) is 8.13. The van der Waals surface area contributed by atoms with Crippen molar-refractivity contribution in [1.29, 1.82) is 0 Å². The number of carbonyl (C=O) groups excluding carboxylic acids is 1. The smallest absolute Gasteiger partial charge is 0.220 e. The Morgan fingerprint density at radius 3 is 2.81 bits per heavy atom. The van der Waals surface area contributed by atoms with Gasteiger partial charge in [0, 0.05) is 45.1 Å². The van der Waals surface area contributed by atoms with E-state index >= 15 is 0 Å². The fourth-order valence-corrected chi connectivity index (χ4v) is 4.30. The van der Waals surface area contributed by atoms with Crippen LogP contribution in [0.15, 0.2) is 24.3 Å². The zero-order chi connectivity index (χ0) is 18.0. The minimum Gasteiger partial charge on any atom is -0.487 e. The highest BCUT2D eigenvalue weighted by Crippen LogP contribution is 2.44. The van der Waals surface area contributed by atoms with E-state index in [-0.39, 0.29) is 17.6 Å². The van der Waals surface area contributed by atoms with Crippen LogP contribution in [0.2, 0.25) is 0 Å². The van der Waals surface area contributed by atoms with E-state index in [0.29, 0.717) is 12.3 Å². The largest absolute Gasteiger partial charge is 0.487 e. The van der Waals surface area contributed by atoms with Gasteiger partial charge in [0.1, 0.15) is 11.4 Å². The van der Waals surface area contributed by atoms with Crippen LogP contribution in [0.1, 0.15) is 50.1 Å². The normalized spacial score (nSPS) is 24.7. The van der Waals surface area contributed by atoms with Crippen LogP contribution in [-0.2, 0) is 9.53 Å². The van der Waals surface area contributed by atoms with Gasteiger partial charge in [-0.3, -0.25) is 4.79 Å². The standard InChI is InChI=1S/C21H30N2O3/c1-25-13-12-23-10-8-21(9-11-23)15-18(22-20(24)14-16-6-7-16)17-4-2-3-5-19(17)26-21/h2-5,16,18H,6-15H2,1H3,(H,22,24)/t18-/m1/s1. The lowest BCUT2D eigenvalue weighted by Crippen LogP contribution is -2.52. The average Bonchev–Trinajstić information content (AvgIpc) is 3.45. The number of fused-ring (bicyclic) bond motifs is 1. The van der Waals surface area contributed by atoms with E-state index in [0.717, 1.165) is 56.8 Å². The molecule has 1 amide bonds. The summed E-state index contributed by atoms with van der Waals surface area (Å²) >= 11 is 0. The third kappa shape index (κ3) is 4.04. The second kappa shape index (κ2) is 7.57. The number of likely N-dealkylation sites (tertiary alicyclic amines) is 1. The molecule has 2 fully saturated rings. The maximum absolute atomic E-state index is 12.4. The molecule has 5 nitrogen and oxygen atoms in total. The summed E-state index contributed by atoms with van der Waals surface area (Å²) in [6, 6.07) is 8.27. The Morgan fingerprint density at radius 2 is 2.08 bits per heavy atom. The van der Waals surface area contributed by atoms with Gasteiger partial charge in [-0.2, -0.15) is 0 Å². The van der Waals surface area contributed by atoms with E-state index in [1.54, 1.807) is 7.11 Å². The average molecular weight is 358 g/mol. The molecule has 1 aromatic rings. The summed E-state index contributed by atoms with van der Waals surface area (Å²) in [6.45, 7) is 3.80. The molecule has 1 N–H and O–H groups in total. The van der Waals surface area contributed by atoms with Crippen LogP contribution in [0, 0.1) is 5.92 Å². The molecule has 142 valence electrons. The zero-order valence-corrected chi connectivity index (χ0v) is 15.7. The fraction of sp³-hybridized carbons (Fsp3) is 0.667. The van der Waals surface area contributed by atoms with E-state index in [1.165, 1.54) is 12.8 Å². The summed E-state index contributed by atoms with van der Waals surface area (Å²) < 4.78 is 11.7. The van der Waals surface area contributed by atoms with Crippen molar-refractivity contribution in [2.75, 3.05) is 33.4 Å². The number of nitrogens with zero attached hydrogens (tertiary/aromatic N) is 1. The van der Waals surface area contributed by atoms with Crippen molar-refractivity contribution in [3.8, 4) is 5.75 Å². The Balaban J connectivity index is 1.45. The molecule has 0 radical (unpaired) electrons. The number of carbonyl (C=O) groups is 1. The van der Waals surface area contributed by atoms with E-state index in [1.807, 2.05) is 18.2 Å². The molecule has 0 aromatic heterocycles. The zero-order valence-electron chi connectivity index (χ0n) is 15.7. The number of benzene rings is 1. The van der Waals surface area contributed by atoms with Gasteiger partial charge in [-0.1, -0.05) is 18.2 Å². The summed E-state index contributed by atoms with van der Waals surface area (Å²) in [6.07, 6.45) is 5.97. The number of piperidine rings is 1. The molecule has 1 saturated heterocycles. The van der Waals surface area contributed by atoms with Gasteiger partial charge in [0.2, 0.25) is 5.91 Å². The van der Waals surface area contributed by atoms with Crippen molar-refractivity contribution in [3.63, 3.8) is 0 Å². The fourth-order valence-electron chi connectivity index (χ4n) is 4.30. The van der Waals surface area contributed by atoms with Crippen LogP contribution < -0.4 is 10.1 Å². The lowest BCUT2D eigenvalue weighted by Gasteiger charge is -2.47. The van der Waals surface area contributed by atoms with Crippen molar-refractivity contribution in [1.82, 2.24) is 10.2 Å². The van der Waals surface area contributed by atoms with E-state index < -0.39 is 0 Å². The first-order valence-electron chi connectivity index (χ1n) is 9.96. The molecule has 4 rings (SSSR count). The number of hydrogen-bond acceptors (Lipinski definition) is 4. The second-order valence-corrected chi connectivity index (χ2v) is 8.13. The summed E-state index contributed by atoms with van der Waals surface area (Å²) in [7, 11) is 1.75. The van der Waals surface area contributed by atoms with E-state index in [9.17, 15) is 4.79 Å². The third-order valence-corrected chi connectivity index (χ3v) is 6.08. The molecule has 1 atom stereocenters. The van der Waals surface area contributed by atoms with Gasteiger partial charge in [-0.15, -0.1) is 0 Å². The Hall–Kier alpha value is -1.59. The molecular formula is C21H30N2O3. The number of ether oxygens (including phenoxy) is 2. The van der Waals surface area contributed by atoms with Crippen LogP contribution in [0.5, 0.6) is 5.75 Å². The van der Waals surface area contributed by atoms with Gasteiger partial charge in [0.15, 0.2) is 0 Å². The first kappa shape index (κ1) is 17.8.